The van der Waals surface area contributed by atoms with E-state index in [1.807, 2.05) is 4.98 Å². The lowest BCUT2D eigenvalue weighted by Crippen LogP contribution is -2.37. The molecule has 3 N–H and O–H groups in total. The molecule has 0 bridgehead atoms. The van der Waals surface area contributed by atoms with Crippen LogP contribution in [-0.2, 0) is 4.74 Å². The van der Waals surface area contributed by atoms with Gasteiger partial charge in [-0.25, -0.2) is 4.79 Å². The van der Waals surface area contributed by atoms with Crippen LogP contribution in [0.1, 0.15) is 29.9 Å². The molecule has 0 amide bonds. The second-order valence-electron chi connectivity index (χ2n) is 4.40. The summed E-state index contributed by atoms with van der Waals surface area (Å²) in [5, 5.41) is 18.8. The lowest BCUT2D eigenvalue weighted by molar-refractivity contribution is -0.0531. The van der Waals surface area contributed by atoms with Crippen molar-refractivity contribution in [2.24, 2.45) is 0 Å². The number of hydrogen-bond acceptors (Lipinski definition) is 6. The number of nitrogens with one attached hydrogen (secondary N) is 1. The van der Waals surface area contributed by atoms with Crippen molar-refractivity contribution in [3.05, 3.63) is 32.6 Å². The van der Waals surface area contributed by atoms with Gasteiger partial charge in [0.15, 0.2) is 12.0 Å². The standard InChI is InChI=1S/C11H14N2O6/c1-5(15)7-3-13(11(18)12-9(7)17)10-8(16)2-6(4-14)19-10/h3,6,8,10,14,16H,2,4H2,1H3,(H,12,17,18)/t6-,8?,10+/m1/s1. The lowest BCUT2D eigenvalue weighted by atomic mass is 10.2. The summed E-state index contributed by atoms with van der Waals surface area (Å²) >= 11 is 0. The van der Waals surface area contributed by atoms with Gasteiger partial charge in [0.2, 0.25) is 0 Å². The number of Topliss-reactive ketones (excluding diaryl/α,β-unsaturated/α-hetero) is 1. The van der Waals surface area contributed by atoms with Crippen LogP contribution in [0.2, 0.25) is 0 Å². The highest BCUT2D eigenvalue weighted by atomic mass is 16.5. The maximum atomic E-state index is 11.7. The maximum absolute atomic E-state index is 11.7. The minimum absolute atomic E-state index is 0.169. The van der Waals surface area contributed by atoms with E-state index < -0.39 is 35.5 Å². The third-order valence-corrected chi connectivity index (χ3v) is 2.99. The first-order valence-corrected chi connectivity index (χ1v) is 5.74. The zero-order valence-electron chi connectivity index (χ0n) is 10.2. The zero-order chi connectivity index (χ0) is 14.2. The number of aliphatic hydroxyl groups excluding tert-OH is 2. The molecular formula is C11H14N2O6. The molecule has 8 heteroatoms. The maximum Gasteiger partial charge on any atom is 0.330 e. The topological polar surface area (TPSA) is 122 Å². The monoisotopic (exact) mass is 270 g/mol. The van der Waals surface area contributed by atoms with E-state index >= 15 is 0 Å². The van der Waals surface area contributed by atoms with Crippen LogP contribution >= 0.6 is 0 Å². The number of carbonyl (C=O) groups is 1. The SMILES string of the molecule is CC(=O)c1cn([C@H]2O[C@@H](CO)CC2O)c(=O)[nH]c1=O. The molecular weight excluding hydrogens is 256 g/mol. The van der Waals surface area contributed by atoms with E-state index in [2.05, 4.69) is 0 Å². The summed E-state index contributed by atoms with van der Waals surface area (Å²) in [5.74, 6) is -0.499. The van der Waals surface area contributed by atoms with Gasteiger partial charge in [-0.05, 0) is 6.92 Å². The molecule has 1 aromatic heterocycles. The lowest BCUT2D eigenvalue weighted by Gasteiger charge is -2.17. The minimum atomic E-state index is -1.03. The fourth-order valence-electron chi connectivity index (χ4n) is 2.02. The van der Waals surface area contributed by atoms with Crippen LogP contribution in [0.3, 0.4) is 0 Å². The van der Waals surface area contributed by atoms with Crippen molar-refractivity contribution in [2.45, 2.75) is 31.8 Å². The Bertz CT molecular complexity index is 604. The number of aromatic nitrogens is 2. The van der Waals surface area contributed by atoms with E-state index in [9.17, 15) is 19.5 Å². The Morgan fingerprint density at radius 2 is 2.26 bits per heavy atom. The third kappa shape index (κ3) is 2.50. The molecule has 104 valence electrons. The summed E-state index contributed by atoms with van der Waals surface area (Å²) in [6, 6.07) is 0. The van der Waals surface area contributed by atoms with Crippen LogP contribution in [0.15, 0.2) is 15.8 Å². The number of aromatic amines is 1. The smallest absolute Gasteiger partial charge is 0.330 e. The Morgan fingerprint density at radius 3 is 2.79 bits per heavy atom. The number of ketones is 1. The molecule has 0 radical (unpaired) electrons. The Kier molecular flexibility index (Phi) is 3.65. The highest BCUT2D eigenvalue weighted by Gasteiger charge is 2.35. The van der Waals surface area contributed by atoms with Gasteiger partial charge in [0.05, 0.1) is 18.3 Å². The second kappa shape index (κ2) is 5.08. The molecule has 8 nitrogen and oxygen atoms in total. The molecule has 1 fully saturated rings. The summed E-state index contributed by atoms with van der Waals surface area (Å²) in [6.45, 7) is 0.910. The molecule has 1 aliphatic heterocycles. The van der Waals surface area contributed by atoms with Crippen molar-refractivity contribution in [3.8, 4) is 0 Å². The van der Waals surface area contributed by atoms with Gasteiger partial charge in [-0.2, -0.15) is 0 Å². The molecule has 1 saturated heterocycles. The van der Waals surface area contributed by atoms with Crippen LogP contribution in [0, 0.1) is 0 Å². The van der Waals surface area contributed by atoms with E-state index in [0.29, 0.717) is 0 Å². The normalized spacial score (nSPS) is 26.6. The summed E-state index contributed by atoms with van der Waals surface area (Å²) in [7, 11) is 0. The molecule has 0 saturated carbocycles. The van der Waals surface area contributed by atoms with E-state index in [0.717, 1.165) is 10.8 Å². The molecule has 3 atom stereocenters. The van der Waals surface area contributed by atoms with Crippen molar-refractivity contribution in [1.29, 1.82) is 0 Å². The number of rotatable bonds is 3. The first kappa shape index (κ1) is 13.7. The molecule has 1 aliphatic rings. The highest BCUT2D eigenvalue weighted by Crippen LogP contribution is 2.27. The molecule has 0 spiro atoms. The Morgan fingerprint density at radius 1 is 1.58 bits per heavy atom. The average Bonchev–Trinajstić information content (AvgIpc) is 2.70. The van der Waals surface area contributed by atoms with Gasteiger partial charge >= 0.3 is 5.69 Å². The summed E-state index contributed by atoms with van der Waals surface area (Å²) < 4.78 is 6.25. The summed E-state index contributed by atoms with van der Waals surface area (Å²) in [6.07, 6.45) is -1.38. The molecule has 2 heterocycles. The second-order valence-corrected chi connectivity index (χ2v) is 4.40. The van der Waals surface area contributed by atoms with Gasteiger partial charge in [-0.3, -0.25) is 19.1 Å². The first-order chi connectivity index (χ1) is 8.93. The summed E-state index contributed by atoms with van der Waals surface area (Å²) in [5.41, 5.74) is -1.75. The van der Waals surface area contributed by atoms with Gasteiger partial charge < -0.3 is 14.9 Å². The third-order valence-electron chi connectivity index (χ3n) is 2.99. The predicted molar refractivity (Wildman–Crippen MR) is 62.9 cm³/mol. The number of ether oxygens (including phenoxy) is 1. The Labute approximate surface area is 107 Å². The number of aliphatic hydroxyl groups is 2. The average molecular weight is 270 g/mol. The Hall–Kier alpha value is -1.77. The van der Waals surface area contributed by atoms with Gasteiger partial charge in [-0.15, -0.1) is 0 Å². The van der Waals surface area contributed by atoms with Gasteiger partial charge in [0.25, 0.3) is 5.56 Å². The molecule has 1 aromatic rings. The van der Waals surface area contributed by atoms with E-state index in [1.165, 1.54) is 6.92 Å². The largest absolute Gasteiger partial charge is 0.394 e. The van der Waals surface area contributed by atoms with Crippen molar-refractivity contribution < 1.29 is 19.7 Å². The number of carbonyl (C=O) groups excluding carboxylic acids is 1. The van der Waals surface area contributed by atoms with E-state index in [4.69, 9.17) is 9.84 Å². The van der Waals surface area contributed by atoms with Crippen molar-refractivity contribution in [3.63, 3.8) is 0 Å². The van der Waals surface area contributed by atoms with Crippen LogP contribution < -0.4 is 11.2 Å². The van der Waals surface area contributed by atoms with Gasteiger partial charge in [0.1, 0.15) is 6.10 Å². The zero-order valence-corrected chi connectivity index (χ0v) is 10.2. The van der Waals surface area contributed by atoms with Crippen molar-refractivity contribution in [1.82, 2.24) is 9.55 Å². The van der Waals surface area contributed by atoms with E-state index in [-0.39, 0.29) is 18.6 Å². The quantitative estimate of drug-likeness (QED) is 0.567. The van der Waals surface area contributed by atoms with E-state index in [1.54, 1.807) is 0 Å². The number of nitrogens with zero attached hydrogens (tertiary/aromatic N) is 1. The first-order valence-electron chi connectivity index (χ1n) is 5.74. The summed E-state index contributed by atoms with van der Waals surface area (Å²) in [4.78, 5) is 36.4. The van der Waals surface area contributed by atoms with Gasteiger partial charge in [0, 0.05) is 12.6 Å². The molecule has 0 aromatic carbocycles. The molecule has 2 rings (SSSR count). The molecule has 0 aliphatic carbocycles. The fourth-order valence-corrected chi connectivity index (χ4v) is 2.02. The predicted octanol–water partition coefficient (Wildman–Crippen LogP) is -1.62. The van der Waals surface area contributed by atoms with Crippen LogP contribution in [0.5, 0.6) is 0 Å². The highest BCUT2D eigenvalue weighted by molar-refractivity contribution is 5.93. The number of H-pyrrole nitrogens is 1. The van der Waals surface area contributed by atoms with Crippen LogP contribution in [-0.4, -0.2) is 44.4 Å². The van der Waals surface area contributed by atoms with Crippen LogP contribution in [0.25, 0.3) is 0 Å². The van der Waals surface area contributed by atoms with Crippen molar-refractivity contribution in [2.75, 3.05) is 6.61 Å². The molecule has 19 heavy (non-hydrogen) atoms. The van der Waals surface area contributed by atoms with Crippen molar-refractivity contribution >= 4 is 5.78 Å². The van der Waals surface area contributed by atoms with Crippen LogP contribution in [0.4, 0.5) is 0 Å². The van der Waals surface area contributed by atoms with Gasteiger partial charge in [-0.1, -0.05) is 0 Å². The number of hydrogen-bond donors (Lipinski definition) is 3. The molecule has 1 unspecified atom stereocenters. The fraction of sp³-hybridized carbons (Fsp3) is 0.545. The minimum Gasteiger partial charge on any atom is -0.394 e. The Balaban J connectivity index is 2.46.